The van der Waals surface area contributed by atoms with Crippen LogP contribution in [-0.4, -0.2) is 20.4 Å². The van der Waals surface area contributed by atoms with Crippen molar-refractivity contribution in [2.45, 2.75) is 31.3 Å². The van der Waals surface area contributed by atoms with Crippen molar-refractivity contribution in [3.8, 4) is 0 Å². The zero-order valence-corrected chi connectivity index (χ0v) is 11.1. The first-order chi connectivity index (χ1) is 8.27. The van der Waals surface area contributed by atoms with Crippen molar-refractivity contribution in [2.75, 3.05) is 0 Å². The van der Waals surface area contributed by atoms with Crippen LogP contribution in [0.1, 0.15) is 18.1 Å². The highest BCUT2D eigenvalue weighted by atomic mass is 32.2. The molecule has 0 radical (unpaired) electrons. The van der Waals surface area contributed by atoms with Crippen LogP contribution in [0, 0.1) is 6.92 Å². The molecule has 1 atom stereocenters. The van der Waals surface area contributed by atoms with Gasteiger partial charge < -0.3 is 11.5 Å². The van der Waals surface area contributed by atoms with E-state index in [0.29, 0.717) is 11.1 Å². The van der Waals surface area contributed by atoms with E-state index in [2.05, 4.69) is 4.72 Å². The van der Waals surface area contributed by atoms with Gasteiger partial charge in [0.05, 0.1) is 10.9 Å². The Hall–Kier alpha value is -1.44. The maximum atomic E-state index is 12.1. The molecule has 0 aromatic heterocycles. The van der Waals surface area contributed by atoms with Crippen molar-refractivity contribution < 1.29 is 13.2 Å². The van der Waals surface area contributed by atoms with Gasteiger partial charge in [-0.2, -0.15) is 4.72 Å². The van der Waals surface area contributed by atoms with Crippen LogP contribution < -0.4 is 16.2 Å². The van der Waals surface area contributed by atoms with Gasteiger partial charge in [0.25, 0.3) is 0 Å². The van der Waals surface area contributed by atoms with Crippen molar-refractivity contribution in [2.24, 2.45) is 11.5 Å². The van der Waals surface area contributed by atoms with E-state index < -0.39 is 22.0 Å². The van der Waals surface area contributed by atoms with Crippen LogP contribution in [-0.2, 0) is 21.4 Å². The molecule has 1 aromatic rings. The fraction of sp³-hybridized carbons (Fsp3) is 0.364. The van der Waals surface area contributed by atoms with Gasteiger partial charge >= 0.3 is 0 Å². The monoisotopic (exact) mass is 271 g/mol. The minimum absolute atomic E-state index is 0.110. The molecule has 0 saturated carbocycles. The summed E-state index contributed by atoms with van der Waals surface area (Å²) in [4.78, 5) is 11.0. The Balaban J connectivity index is 3.16. The summed E-state index contributed by atoms with van der Waals surface area (Å²) in [7, 11) is -3.77. The number of hydrogen-bond acceptors (Lipinski definition) is 4. The highest BCUT2D eigenvalue weighted by molar-refractivity contribution is 7.89. The van der Waals surface area contributed by atoms with E-state index in [1.807, 2.05) is 0 Å². The van der Waals surface area contributed by atoms with Crippen LogP contribution in [0.15, 0.2) is 23.1 Å². The van der Waals surface area contributed by atoms with E-state index >= 15 is 0 Å². The zero-order valence-electron chi connectivity index (χ0n) is 10.3. The summed E-state index contributed by atoms with van der Waals surface area (Å²) >= 11 is 0. The van der Waals surface area contributed by atoms with Gasteiger partial charge in [-0.15, -0.1) is 0 Å². The van der Waals surface area contributed by atoms with Crippen LogP contribution in [0.5, 0.6) is 0 Å². The van der Waals surface area contributed by atoms with Gasteiger partial charge in [0.1, 0.15) is 0 Å². The maximum absolute atomic E-state index is 12.1. The van der Waals surface area contributed by atoms with E-state index in [0.717, 1.165) is 0 Å². The number of carbonyl (C=O) groups is 1. The number of benzene rings is 1. The Morgan fingerprint density at radius 3 is 2.56 bits per heavy atom. The van der Waals surface area contributed by atoms with Gasteiger partial charge in [0.15, 0.2) is 0 Å². The number of amides is 1. The first-order valence-electron chi connectivity index (χ1n) is 5.39. The molecule has 18 heavy (non-hydrogen) atoms. The lowest BCUT2D eigenvalue weighted by molar-refractivity contribution is -0.119. The Kier molecular flexibility index (Phi) is 4.44. The van der Waals surface area contributed by atoms with Gasteiger partial charge in [0, 0.05) is 6.54 Å². The van der Waals surface area contributed by atoms with E-state index in [4.69, 9.17) is 11.5 Å². The van der Waals surface area contributed by atoms with Crippen molar-refractivity contribution in [1.82, 2.24) is 4.72 Å². The summed E-state index contributed by atoms with van der Waals surface area (Å²) in [6, 6.07) is 3.96. The molecule has 0 aliphatic rings. The number of rotatable bonds is 5. The summed E-state index contributed by atoms with van der Waals surface area (Å²) in [5.74, 6) is -0.730. The highest BCUT2D eigenvalue weighted by Gasteiger charge is 2.22. The standard InChI is InChI=1S/C11H17N3O3S/c1-7-3-4-9(6-12)5-10(7)18(16,17)14-8(2)11(13)15/h3-5,8,14H,6,12H2,1-2H3,(H2,13,15). The zero-order chi connectivity index (χ0) is 13.9. The first-order valence-corrected chi connectivity index (χ1v) is 6.87. The van der Waals surface area contributed by atoms with Gasteiger partial charge in [0.2, 0.25) is 15.9 Å². The second kappa shape index (κ2) is 5.47. The average Bonchev–Trinajstić information content (AvgIpc) is 2.28. The predicted octanol–water partition coefficient (Wildman–Crippen LogP) is -0.394. The van der Waals surface area contributed by atoms with Crippen molar-refractivity contribution >= 4 is 15.9 Å². The summed E-state index contributed by atoms with van der Waals surface area (Å²) in [6.45, 7) is 3.31. The van der Waals surface area contributed by atoms with Crippen molar-refractivity contribution in [3.05, 3.63) is 29.3 Å². The lowest BCUT2D eigenvalue weighted by Gasteiger charge is -2.13. The van der Waals surface area contributed by atoms with Crippen molar-refractivity contribution in [3.63, 3.8) is 0 Å². The number of nitrogens with one attached hydrogen (secondary N) is 1. The van der Waals surface area contributed by atoms with Gasteiger partial charge in [-0.1, -0.05) is 12.1 Å². The van der Waals surface area contributed by atoms with Gasteiger partial charge in [-0.3, -0.25) is 4.79 Å². The minimum Gasteiger partial charge on any atom is -0.368 e. The highest BCUT2D eigenvalue weighted by Crippen LogP contribution is 2.17. The summed E-state index contributed by atoms with van der Waals surface area (Å²) < 4.78 is 26.4. The Morgan fingerprint density at radius 1 is 1.44 bits per heavy atom. The van der Waals surface area contributed by atoms with Crippen LogP contribution in [0.25, 0.3) is 0 Å². The van der Waals surface area contributed by atoms with E-state index in [1.165, 1.54) is 13.0 Å². The molecule has 0 heterocycles. The molecule has 100 valence electrons. The third-order valence-electron chi connectivity index (χ3n) is 2.54. The van der Waals surface area contributed by atoms with Crippen LogP contribution in [0.3, 0.4) is 0 Å². The summed E-state index contributed by atoms with van der Waals surface area (Å²) in [5, 5.41) is 0. The van der Waals surface area contributed by atoms with E-state index in [1.54, 1.807) is 19.1 Å². The molecule has 7 heteroatoms. The fourth-order valence-electron chi connectivity index (χ4n) is 1.42. The number of sulfonamides is 1. The van der Waals surface area contributed by atoms with Crippen molar-refractivity contribution in [1.29, 1.82) is 0 Å². The van der Waals surface area contributed by atoms with Gasteiger partial charge in [-0.25, -0.2) is 8.42 Å². The first kappa shape index (κ1) is 14.6. The SMILES string of the molecule is Cc1ccc(CN)cc1S(=O)(=O)NC(C)C(N)=O. The topological polar surface area (TPSA) is 115 Å². The molecule has 1 unspecified atom stereocenters. The summed E-state index contributed by atoms with van der Waals surface area (Å²) in [6.07, 6.45) is 0. The lowest BCUT2D eigenvalue weighted by Crippen LogP contribution is -2.42. The second-order valence-electron chi connectivity index (χ2n) is 4.05. The number of aryl methyl sites for hydroxylation is 1. The number of carbonyl (C=O) groups excluding carboxylic acids is 1. The molecule has 5 N–H and O–H groups in total. The van der Waals surface area contributed by atoms with E-state index in [9.17, 15) is 13.2 Å². The normalized spacial score (nSPS) is 13.3. The number of primary amides is 1. The average molecular weight is 271 g/mol. The fourth-order valence-corrected chi connectivity index (χ4v) is 2.92. The lowest BCUT2D eigenvalue weighted by atomic mass is 10.1. The minimum atomic E-state index is -3.77. The third kappa shape index (κ3) is 3.28. The predicted molar refractivity (Wildman–Crippen MR) is 68.0 cm³/mol. The number of hydrogen-bond donors (Lipinski definition) is 3. The maximum Gasteiger partial charge on any atom is 0.241 e. The summed E-state index contributed by atoms with van der Waals surface area (Å²) in [5.41, 5.74) is 11.8. The smallest absolute Gasteiger partial charge is 0.241 e. The van der Waals surface area contributed by atoms with E-state index in [-0.39, 0.29) is 11.4 Å². The molecule has 0 spiro atoms. The molecular weight excluding hydrogens is 254 g/mol. The molecular formula is C11H17N3O3S. The Labute approximate surface area is 106 Å². The molecule has 0 fully saturated rings. The molecule has 0 saturated heterocycles. The second-order valence-corrected chi connectivity index (χ2v) is 5.73. The van der Waals surface area contributed by atoms with Crippen LogP contribution in [0.2, 0.25) is 0 Å². The van der Waals surface area contributed by atoms with Crippen LogP contribution in [0.4, 0.5) is 0 Å². The number of nitrogens with two attached hydrogens (primary N) is 2. The van der Waals surface area contributed by atoms with Crippen LogP contribution >= 0.6 is 0 Å². The third-order valence-corrected chi connectivity index (χ3v) is 4.22. The molecule has 0 aliphatic carbocycles. The molecule has 0 bridgehead atoms. The molecule has 1 amide bonds. The Bertz CT molecular complexity index is 555. The molecule has 6 nitrogen and oxygen atoms in total. The van der Waals surface area contributed by atoms with Gasteiger partial charge in [-0.05, 0) is 31.0 Å². The molecule has 1 rings (SSSR count). The quantitative estimate of drug-likeness (QED) is 0.676. The molecule has 1 aromatic carbocycles. The largest absolute Gasteiger partial charge is 0.368 e. The Morgan fingerprint density at radius 2 is 2.06 bits per heavy atom. The molecule has 0 aliphatic heterocycles.